The maximum absolute atomic E-state index is 12.5. The number of non-ortho nitro benzene ring substituents is 1. The fourth-order valence-electron chi connectivity index (χ4n) is 2.73. The molecule has 2 aromatic rings. The summed E-state index contributed by atoms with van der Waals surface area (Å²) in [6.07, 6.45) is 1.03. The molecule has 1 atom stereocenters. The highest BCUT2D eigenvalue weighted by Gasteiger charge is 2.31. The van der Waals surface area contributed by atoms with Crippen LogP contribution in [0, 0.1) is 10.1 Å². The van der Waals surface area contributed by atoms with Gasteiger partial charge in [-0.1, -0.05) is 30.8 Å². The number of hydrogen-bond donors (Lipinski definition) is 2. The monoisotopic (exact) mass is 360 g/mol. The number of nitrogens with one attached hydrogen (secondary N) is 2. The smallest absolute Gasteiger partial charge is 0.269 e. The summed E-state index contributed by atoms with van der Waals surface area (Å²) in [6, 6.07) is 5.89. The standard InChI is InChI=1S/C16H16N4O4S/c1-2-7-25-16-18-14-13(15(22)19-16)11(8-12(21)17-14)9-3-5-10(6-4-9)20(23)24/h3-6,11H,2,7-8H2,1H3,(H2,17,18,19,21,22). The van der Waals surface area contributed by atoms with Gasteiger partial charge >= 0.3 is 0 Å². The Bertz CT molecular complexity index is 879. The van der Waals surface area contributed by atoms with Gasteiger partial charge in [-0.3, -0.25) is 19.7 Å². The number of nitrogens with zero attached hydrogens (tertiary/aromatic N) is 2. The van der Waals surface area contributed by atoms with Crippen molar-refractivity contribution >= 4 is 29.2 Å². The molecule has 2 N–H and O–H groups in total. The zero-order chi connectivity index (χ0) is 18.0. The molecule has 1 amide bonds. The van der Waals surface area contributed by atoms with Crippen molar-refractivity contribution in [2.75, 3.05) is 11.1 Å². The van der Waals surface area contributed by atoms with Crippen LogP contribution < -0.4 is 10.9 Å². The molecule has 1 unspecified atom stereocenters. The van der Waals surface area contributed by atoms with Crippen LogP contribution in [-0.4, -0.2) is 26.6 Å². The lowest BCUT2D eigenvalue weighted by molar-refractivity contribution is -0.384. The topological polar surface area (TPSA) is 118 Å². The van der Waals surface area contributed by atoms with E-state index < -0.39 is 10.8 Å². The quantitative estimate of drug-likeness (QED) is 0.366. The van der Waals surface area contributed by atoms with Crippen LogP contribution in [0.4, 0.5) is 11.5 Å². The number of amides is 1. The number of anilines is 1. The zero-order valence-corrected chi connectivity index (χ0v) is 14.3. The molecule has 25 heavy (non-hydrogen) atoms. The van der Waals surface area contributed by atoms with Crippen LogP contribution in [0.5, 0.6) is 0 Å². The van der Waals surface area contributed by atoms with Gasteiger partial charge < -0.3 is 10.3 Å². The average molecular weight is 360 g/mol. The Balaban J connectivity index is 2.02. The predicted molar refractivity (Wildman–Crippen MR) is 94.1 cm³/mol. The van der Waals surface area contributed by atoms with Crippen LogP contribution >= 0.6 is 11.8 Å². The molecule has 8 nitrogen and oxygen atoms in total. The molecule has 1 aromatic heterocycles. The largest absolute Gasteiger partial charge is 0.310 e. The van der Waals surface area contributed by atoms with Crippen LogP contribution in [0.3, 0.4) is 0 Å². The summed E-state index contributed by atoms with van der Waals surface area (Å²) in [5, 5.41) is 13.9. The van der Waals surface area contributed by atoms with E-state index in [1.807, 2.05) is 6.92 Å². The highest BCUT2D eigenvalue weighted by molar-refractivity contribution is 7.99. The molecule has 0 saturated carbocycles. The van der Waals surface area contributed by atoms with Crippen molar-refractivity contribution < 1.29 is 9.72 Å². The number of rotatable bonds is 5. The Morgan fingerprint density at radius 1 is 1.32 bits per heavy atom. The van der Waals surface area contributed by atoms with Crippen LogP contribution in [0.15, 0.2) is 34.2 Å². The molecule has 0 radical (unpaired) electrons. The van der Waals surface area contributed by atoms with Gasteiger partial charge in [0.25, 0.3) is 11.2 Å². The lowest BCUT2D eigenvalue weighted by atomic mass is 9.87. The Morgan fingerprint density at radius 3 is 2.68 bits per heavy atom. The second-order valence-corrected chi connectivity index (χ2v) is 6.72. The second-order valence-electron chi connectivity index (χ2n) is 5.64. The van der Waals surface area contributed by atoms with E-state index in [0.717, 1.165) is 12.2 Å². The summed E-state index contributed by atoms with van der Waals surface area (Å²) in [4.78, 5) is 42.0. The van der Waals surface area contributed by atoms with Crippen molar-refractivity contribution in [2.24, 2.45) is 0 Å². The minimum atomic E-state index is -0.489. The number of carbonyl (C=O) groups is 1. The van der Waals surface area contributed by atoms with Crippen molar-refractivity contribution in [3.8, 4) is 0 Å². The molecule has 1 aliphatic heterocycles. The number of thioether (sulfide) groups is 1. The van der Waals surface area contributed by atoms with Crippen molar-refractivity contribution in [3.63, 3.8) is 0 Å². The van der Waals surface area contributed by atoms with Gasteiger partial charge in [-0.25, -0.2) is 4.98 Å². The van der Waals surface area contributed by atoms with Gasteiger partial charge in [0.05, 0.1) is 10.5 Å². The Hall–Kier alpha value is -2.68. The van der Waals surface area contributed by atoms with Gasteiger partial charge in [0, 0.05) is 30.2 Å². The average Bonchev–Trinajstić information content (AvgIpc) is 2.59. The summed E-state index contributed by atoms with van der Waals surface area (Å²) >= 11 is 1.42. The molecule has 3 rings (SSSR count). The molecule has 1 aromatic carbocycles. The van der Waals surface area contributed by atoms with Gasteiger partial charge in [0.15, 0.2) is 5.16 Å². The summed E-state index contributed by atoms with van der Waals surface area (Å²) in [6.45, 7) is 2.02. The van der Waals surface area contributed by atoms with E-state index in [1.54, 1.807) is 12.1 Å². The van der Waals surface area contributed by atoms with Gasteiger partial charge in [-0.2, -0.15) is 0 Å². The highest BCUT2D eigenvalue weighted by atomic mass is 32.2. The Morgan fingerprint density at radius 2 is 2.04 bits per heavy atom. The lowest BCUT2D eigenvalue weighted by Gasteiger charge is -2.24. The number of hydrogen-bond acceptors (Lipinski definition) is 6. The Kier molecular flexibility index (Phi) is 4.84. The zero-order valence-electron chi connectivity index (χ0n) is 13.4. The Labute approximate surface area is 147 Å². The van der Waals surface area contributed by atoms with E-state index >= 15 is 0 Å². The van der Waals surface area contributed by atoms with Gasteiger partial charge in [-0.05, 0) is 12.0 Å². The first-order valence-corrected chi connectivity index (χ1v) is 8.79. The first-order chi connectivity index (χ1) is 12.0. The maximum atomic E-state index is 12.5. The third kappa shape index (κ3) is 3.55. The van der Waals surface area contributed by atoms with Crippen LogP contribution in [0.1, 0.15) is 36.8 Å². The molecule has 9 heteroatoms. The first kappa shape index (κ1) is 17.2. The SMILES string of the molecule is CCCSc1nc2c(c(=O)[nH]1)C(c1ccc([N+](=O)[O-])cc1)CC(=O)N2. The number of fused-ring (bicyclic) bond motifs is 1. The predicted octanol–water partition coefficient (Wildman–Crippen LogP) is 2.65. The highest BCUT2D eigenvalue weighted by Crippen LogP contribution is 2.35. The van der Waals surface area contributed by atoms with Gasteiger partial charge in [0.2, 0.25) is 5.91 Å². The molecule has 2 heterocycles. The van der Waals surface area contributed by atoms with Crippen molar-refractivity contribution in [1.29, 1.82) is 0 Å². The number of nitro benzene ring substituents is 1. The number of benzene rings is 1. The number of nitro groups is 1. The number of aromatic nitrogens is 2. The fourth-order valence-corrected chi connectivity index (χ4v) is 3.45. The molecule has 0 fully saturated rings. The van der Waals surface area contributed by atoms with E-state index in [-0.39, 0.29) is 29.4 Å². The molecule has 0 spiro atoms. The fraction of sp³-hybridized carbons (Fsp3) is 0.312. The molecule has 0 bridgehead atoms. The normalized spacial score (nSPS) is 16.2. The minimum absolute atomic E-state index is 0.0393. The molecule has 0 aliphatic carbocycles. The van der Waals surface area contributed by atoms with E-state index in [2.05, 4.69) is 15.3 Å². The van der Waals surface area contributed by atoms with E-state index in [1.165, 1.54) is 23.9 Å². The lowest BCUT2D eigenvalue weighted by Crippen LogP contribution is -2.31. The van der Waals surface area contributed by atoms with Crippen LogP contribution in [-0.2, 0) is 4.79 Å². The third-order valence-electron chi connectivity index (χ3n) is 3.88. The van der Waals surface area contributed by atoms with Gasteiger partial charge in [-0.15, -0.1) is 0 Å². The molecular weight excluding hydrogens is 344 g/mol. The van der Waals surface area contributed by atoms with Crippen molar-refractivity contribution in [2.45, 2.75) is 30.8 Å². The molecular formula is C16H16N4O4S. The number of carbonyl (C=O) groups excluding carboxylic acids is 1. The first-order valence-electron chi connectivity index (χ1n) is 7.80. The third-order valence-corrected chi connectivity index (χ3v) is 4.96. The number of H-pyrrole nitrogens is 1. The number of aromatic amines is 1. The molecule has 130 valence electrons. The van der Waals surface area contributed by atoms with E-state index in [0.29, 0.717) is 16.3 Å². The summed E-state index contributed by atoms with van der Waals surface area (Å²) < 4.78 is 0. The van der Waals surface area contributed by atoms with Crippen molar-refractivity contribution in [3.05, 3.63) is 55.9 Å². The summed E-state index contributed by atoms with van der Waals surface area (Å²) in [5.74, 6) is 0.356. The van der Waals surface area contributed by atoms with E-state index in [4.69, 9.17) is 0 Å². The van der Waals surface area contributed by atoms with Crippen LogP contribution in [0.25, 0.3) is 0 Å². The summed E-state index contributed by atoms with van der Waals surface area (Å²) in [7, 11) is 0. The van der Waals surface area contributed by atoms with E-state index in [9.17, 15) is 19.7 Å². The summed E-state index contributed by atoms with van der Waals surface area (Å²) in [5.41, 5.74) is 0.715. The maximum Gasteiger partial charge on any atom is 0.269 e. The van der Waals surface area contributed by atoms with Crippen molar-refractivity contribution in [1.82, 2.24) is 9.97 Å². The van der Waals surface area contributed by atoms with Gasteiger partial charge in [0.1, 0.15) is 5.82 Å². The second kappa shape index (κ2) is 7.06. The molecule has 0 saturated heterocycles. The van der Waals surface area contributed by atoms with Crippen LogP contribution in [0.2, 0.25) is 0 Å². The minimum Gasteiger partial charge on any atom is -0.310 e. The molecule has 1 aliphatic rings.